The van der Waals surface area contributed by atoms with Crippen molar-refractivity contribution in [3.8, 4) is 0 Å². The fourth-order valence-electron chi connectivity index (χ4n) is 3.45. The third kappa shape index (κ3) is 3.24. The van der Waals surface area contributed by atoms with Crippen molar-refractivity contribution >= 4 is 27.9 Å². The molecular formula is C16H20BrNO3. The Morgan fingerprint density at radius 1 is 1.43 bits per heavy atom. The zero-order valence-corrected chi connectivity index (χ0v) is 13.5. The van der Waals surface area contributed by atoms with Crippen LogP contribution in [0.15, 0.2) is 27.3 Å². The number of halogens is 1. The summed E-state index contributed by atoms with van der Waals surface area (Å²) in [6.07, 6.45) is 8.11. The molecule has 5 heteroatoms. The first-order chi connectivity index (χ1) is 10.1. The first-order valence-corrected chi connectivity index (χ1v) is 8.31. The van der Waals surface area contributed by atoms with Gasteiger partial charge in [-0.25, -0.2) is 0 Å². The van der Waals surface area contributed by atoms with Crippen molar-refractivity contribution in [3.63, 3.8) is 0 Å². The summed E-state index contributed by atoms with van der Waals surface area (Å²) in [4.78, 5) is 14.1. The van der Waals surface area contributed by atoms with Crippen molar-refractivity contribution in [2.24, 2.45) is 5.92 Å². The average molecular weight is 354 g/mol. The van der Waals surface area contributed by atoms with Gasteiger partial charge in [0.25, 0.3) is 0 Å². The quantitative estimate of drug-likeness (QED) is 0.830. The minimum atomic E-state index is -0.537. The van der Waals surface area contributed by atoms with Crippen molar-refractivity contribution in [1.82, 2.24) is 4.90 Å². The lowest BCUT2D eigenvalue weighted by molar-refractivity contribution is -0.138. The Morgan fingerprint density at radius 2 is 2.29 bits per heavy atom. The molecule has 0 spiro atoms. The van der Waals surface area contributed by atoms with E-state index in [2.05, 4.69) is 15.9 Å². The lowest BCUT2D eigenvalue weighted by Gasteiger charge is -2.47. The number of hydrogen-bond donors (Lipinski definition) is 1. The van der Waals surface area contributed by atoms with Crippen LogP contribution in [-0.2, 0) is 4.79 Å². The Labute approximate surface area is 132 Å². The maximum absolute atomic E-state index is 12.3. The Balaban J connectivity index is 1.62. The van der Waals surface area contributed by atoms with Gasteiger partial charge >= 0.3 is 0 Å². The Kier molecular flexibility index (Phi) is 4.22. The van der Waals surface area contributed by atoms with Crippen LogP contribution in [0.4, 0.5) is 0 Å². The van der Waals surface area contributed by atoms with E-state index in [1.807, 2.05) is 11.0 Å². The predicted octanol–water partition coefficient (Wildman–Crippen LogP) is 3.21. The topological polar surface area (TPSA) is 53.7 Å². The first kappa shape index (κ1) is 14.9. The van der Waals surface area contributed by atoms with Gasteiger partial charge in [0.1, 0.15) is 5.76 Å². The summed E-state index contributed by atoms with van der Waals surface area (Å²) in [7, 11) is 0. The monoisotopic (exact) mass is 353 g/mol. The third-order valence-corrected chi connectivity index (χ3v) is 5.15. The number of carbonyl (C=O) groups is 1. The third-order valence-electron chi connectivity index (χ3n) is 4.72. The molecule has 1 saturated carbocycles. The molecule has 1 aromatic heterocycles. The van der Waals surface area contributed by atoms with Crippen LogP contribution in [0.1, 0.15) is 37.9 Å². The van der Waals surface area contributed by atoms with Crippen molar-refractivity contribution in [1.29, 1.82) is 0 Å². The maximum atomic E-state index is 12.3. The molecule has 1 amide bonds. The van der Waals surface area contributed by atoms with Crippen LogP contribution in [-0.4, -0.2) is 34.6 Å². The molecule has 1 aliphatic heterocycles. The largest absolute Gasteiger partial charge is 0.450 e. The summed E-state index contributed by atoms with van der Waals surface area (Å²) in [5.41, 5.74) is -0.537. The van der Waals surface area contributed by atoms with Crippen LogP contribution < -0.4 is 0 Å². The van der Waals surface area contributed by atoms with E-state index in [-0.39, 0.29) is 11.8 Å². The number of likely N-dealkylation sites (tertiary alicyclic amines) is 1. The molecule has 0 bridgehead atoms. The molecule has 0 radical (unpaired) electrons. The number of fused-ring (bicyclic) bond motifs is 1. The van der Waals surface area contributed by atoms with Gasteiger partial charge in [0, 0.05) is 25.1 Å². The highest BCUT2D eigenvalue weighted by molar-refractivity contribution is 9.10. The van der Waals surface area contributed by atoms with Crippen molar-refractivity contribution in [2.45, 2.75) is 37.7 Å². The lowest BCUT2D eigenvalue weighted by Crippen LogP contribution is -2.54. The highest BCUT2D eigenvalue weighted by Gasteiger charge is 2.43. The number of piperidine rings is 1. The summed E-state index contributed by atoms with van der Waals surface area (Å²) in [5.74, 6) is 0.881. The number of nitrogens with zero attached hydrogens (tertiary/aromatic N) is 1. The predicted molar refractivity (Wildman–Crippen MR) is 83.5 cm³/mol. The van der Waals surface area contributed by atoms with E-state index < -0.39 is 5.60 Å². The second-order valence-electron chi connectivity index (χ2n) is 6.06. The fraction of sp³-hybridized carbons (Fsp3) is 0.562. The summed E-state index contributed by atoms with van der Waals surface area (Å²) in [6, 6.07) is 3.61. The van der Waals surface area contributed by atoms with E-state index in [0.29, 0.717) is 29.9 Å². The minimum absolute atomic E-state index is 0.00449. The van der Waals surface area contributed by atoms with Crippen molar-refractivity contribution in [3.05, 3.63) is 28.6 Å². The molecule has 114 valence electrons. The van der Waals surface area contributed by atoms with Gasteiger partial charge in [0.2, 0.25) is 5.91 Å². The molecule has 21 heavy (non-hydrogen) atoms. The summed E-state index contributed by atoms with van der Waals surface area (Å²) in [6.45, 7) is 1.31. The summed E-state index contributed by atoms with van der Waals surface area (Å²) in [5, 5.41) is 10.6. The Hall–Kier alpha value is -1.07. The van der Waals surface area contributed by atoms with Crippen LogP contribution in [0.2, 0.25) is 0 Å². The van der Waals surface area contributed by atoms with Crippen LogP contribution in [0.3, 0.4) is 0 Å². The zero-order chi connectivity index (χ0) is 14.9. The van der Waals surface area contributed by atoms with E-state index in [9.17, 15) is 9.90 Å². The fourth-order valence-corrected chi connectivity index (χ4v) is 3.77. The van der Waals surface area contributed by atoms with Gasteiger partial charge in [0.15, 0.2) is 4.67 Å². The highest BCUT2D eigenvalue weighted by atomic mass is 79.9. The van der Waals surface area contributed by atoms with E-state index in [4.69, 9.17) is 4.42 Å². The molecule has 2 unspecified atom stereocenters. The molecule has 3 rings (SSSR count). The lowest BCUT2D eigenvalue weighted by atomic mass is 9.71. The Morgan fingerprint density at radius 3 is 3.05 bits per heavy atom. The van der Waals surface area contributed by atoms with Crippen LogP contribution in [0, 0.1) is 5.92 Å². The molecule has 2 atom stereocenters. The molecule has 0 aromatic carbocycles. The summed E-state index contributed by atoms with van der Waals surface area (Å²) >= 11 is 3.24. The van der Waals surface area contributed by atoms with E-state index in [0.717, 1.165) is 25.7 Å². The van der Waals surface area contributed by atoms with E-state index in [1.165, 1.54) is 0 Å². The molecule has 2 heterocycles. The van der Waals surface area contributed by atoms with Crippen molar-refractivity contribution in [2.75, 3.05) is 13.1 Å². The van der Waals surface area contributed by atoms with Crippen LogP contribution in [0.5, 0.6) is 0 Å². The number of hydrogen-bond acceptors (Lipinski definition) is 3. The van der Waals surface area contributed by atoms with E-state index in [1.54, 1.807) is 18.2 Å². The number of rotatable bonds is 2. The molecule has 1 saturated heterocycles. The highest BCUT2D eigenvalue weighted by Crippen LogP contribution is 2.39. The van der Waals surface area contributed by atoms with Gasteiger partial charge in [-0.1, -0.05) is 12.8 Å². The smallest absolute Gasteiger partial charge is 0.246 e. The van der Waals surface area contributed by atoms with Crippen LogP contribution >= 0.6 is 15.9 Å². The standard InChI is InChI=1S/C16H20BrNO3/c17-14-6-4-13(21-14)5-7-15(19)18-10-9-16(20)8-2-1-3-12(16)11-18/h4-7,12,20H,1-3,8-11H2/b7-5+. The van der Waals surface area contributed by atoms with Gasteiger partial charge in [-0.15, -0.1) is 0 Å². The normalized spacial score (nSPS) is 29.6. The minimum Gasteiger partial charge on any atom is -0.450 e. The van der Waals surface area contributed by atoms with Crippen molar-refractivity contribution < 1.29 is 14.3 Å². The number of furan rings is 1. The number of carbonyl (C=O) groups excluding carboxylic acids is 1. The van der Waals surface area contributed by atoms with Gasteiger partial charge in [-0.3, -0.25) is 4.79 Å². The first-order valence-electron chi connectivity index (χ1n) is 7.51. The van der Waals surface area contributed by atoms with E-state index >= 15 is 0 Å². The molecule has 1 N–H and O–H groups in total. The average Bonchev–Trinajstić information content (AvgIpc) is 2.89. The SMILES string of the molecule is O=C(/C=C/c1ccc(Br)o1)N1CCC2(O)CCCCC2C1. The molecule has 1 aliphatic carbocycles. The summed E-state index contributed by atoms with van der Waals surface area (Å²) < 4.78 is 5.99. The Bertz CT molecular complexity index is 553. The number of aliphatic hydroxyl groups is 1. The zero-order valence-electron chi connectivity index (χ0n) is 11.9. The number of amides is 1. The molecule has 1 aromatic rings. The molecule has 4 nitrogen and oxygen atoms in total. The van der Waals surface area contributed by atoms with Gasteiger partial charge in [-0.05, 0) is 53.4 Å². The molecular weight excluding hydrogens is 334 g/mol. The van der Waals surface area contributed by atoms with Gasteiger partial charge < -0.3 is 14.4 Å². The van der Waals surface area contributed by atoms with Crippen LogP contribution in [0.25, 0.3) is 6.08 Å². The molecule has 2 fully saturated rings. The van der Waals surface area contributed by atoms with Gasteiger partial charge in [0.05, 0.1) is 5.60 Å². The maximum Gasteiger partial charge on any atom is 0.246 e. The second kappa shape index (κ2) is 5.97. The second-order valence-corrected chi connectivity index (χ2v) is 6.84. The molecule has 2 aliphatic rings. The van der Waals surface area contributed by atoms with Gasteiger partial charge in [-0.2, -0.15) is 0 Å².